The van der Waals surface area contributed by atoms with Crippen molar-refractivity contribution in [3.8, 4) is 11.1 Å². The average Bonchev–Trinajstić information content (AvgIpc) is 3.52. The van der Waals surface area contributed by atoms with Crippen LogP contribution in [-0.4, -0.2) is 55.5 Å². The highest BCUT2D eigenvalue weighted by Crippen LogP contribution is 2.31. The van der Waals surface area contributed by atoms with Crippen LogP contribution in [0.15, 0.2) is 64.8 Å². The second-order valence-electron chi connectivity index (χ2n) is 9.64. The van der Waals surface area contributed by atoms with Crippen LogP contribution in [0.1, 0.15) is 30.1 Å². The van der Waals surface area contributed by atoms with Crippen molar-refractivity contribution in [1.29, 1.82) is 0 Å². The third kappa shape index (κ3) is 8.82. The molecule has 3 aromatic rings. The van der Waals surface area contributed by atoms with Gasteiger partial charge < -0.3 is 15.4 Å². The molecule has 1 saturated heterocycles. The van der Waals surface area contributed by atoms with Crippen molar-refractivity contribution in [2.75, 3.05) is 30.5 Å². The predicted octanol–water partition coefficient (Wildman–Crippen LogP) is 4.82. The van der Waals surface area contributed by atoms with E-state index in [1.54, 1.807) is 48.5 Å². The first-order chi connectivity index (χ1) is 20.8. The van der Waals surface area contributed by atoms with E-state index in [1.165, 1.54) is 24.5 Å². The summed E-state index contributed by atoms with van der Waals surface area (Å²) in [5, 5.41) is 26.6. The average molecular weight is 625 g/mol. The van der Waals surface area contributed by atoms with Crippen LogP contribution in [0.4, 0.5) is 16.2 Å². The minimum Gasteiger partial charge on any atom is -0.453 e. The van der Waals surface area contributed by atoms with Crippen molar-refractivity contribution in [3.63, 3.8) is 0 Å². The molecule has 2 atom stereocenters. The number of methoxy groups -OCH3 is 1. The largest absolute Gasteiger partial charge is 0.453 e. The molecule has 0 aliphatic carbocycles. The molecule has 1 aliphatic heterocycles. The fourth-order valence-electron chi connectivity index (χ4n) is 4.60. The van der Waals surface area contributed by atoms with Crippen LogP contribution in [-0.2, 0) is 9.53 Å². The predicted molar refractivity (Wildman–Crippen MR) is 170 cm³/mol. The molecule has 2 heterocycles. The van der Waals surface area contributed by atoms with E-state index in [0.29, 0.717) is 45.6 Å². The van der Waals surface area contributed by atoms with E-state index in [2.05, 4.69) is 47.8 Å². The van der Waals surface area contributed by atoms with Gasteiger partial charge in [0.15, 0.2) is 5.15 Å². The summed E-state index contributed by atoms with van der Waals surface area (Å²) in [6.07, 6.45) is 5.36. The number of ether oxygens (including phenoxy) is 1. The number of anilines is 2. The molecular weight excluding hydrogens is 593 g/mol. The molecule has 14 heteroatoms. The van der Waals surface area contributed by atoms with Crippen LogP contribution in [0.3, 0.4) is 0 Å². The van der Waals surface area contributed by atoms with E-state index >= 15 is 0 Å². The Labute approximate surface area is 259 Å². The third-order valence-corrected chi connectivity index (χ3v) is 7.25. The molecule has 2 amide bonds. The van der Waals surface area contributed by atoms with Crippen LogP contribution in [0, 0.1) is 5.92 Å². The van der Waals surface area contributed by atoms with Crippen molar-refractivity contribution in [3.05, 3.63) is 76.0 Å². The molecule has 12 nitrogen and oxygen atoms in total. The Morgan fingerprint density at radius 2 is 2.02 bits per heavy atom. The molecule has 43 heavy (non-hydrogen) atoms. The maximum Gasteiger partial charge on any atom is 0.411 e. The number of carbonyl (C=O) groups excluding carboxylic acids is 2. The van der Waals surface area contributed by atoms with Gasteiger partial charge in [-0.3, -0.25) is 15.1 Å². The molecule has 0 saturated carbocycles. The van der Waals surface area contributed by atoms with Gasteiger partial charge in [-0.2, -0.15) is 10.2 Å². The minimum atomic E-state index is -0.571. The lowest BCUT2D eigenvalue weighted by molar-refractivity contribution is -0.117. The molecular formula is C29H31Cl2N9O3. The highest BCUT2D eigenvalue weighted by atomic mass is 35.5. The monoisotopic (exact) mass is 623 g/mol. The Bertz CT molecular complexity index is 1510. The smallest absolute Gasteiger partial charge is 0.411 e. The Balaban J connectivity index is 1.58. The van der Waals surface area contributed by atoms with Gasteiger partial charge >= 0.3 is 6.09 Å². The topological polar surface area (TPSA) is 159 Å². The zero-order chi connectivity index (χ0) is 30.8. The van der Waals surface area contributed by atoms with Gasteiger partial charge in [0, 0.05) is 34.6 Å². The van der Waals surface area contributed by atoms with E-state index in [9.17, 15) is 9.59 Å². The Hall–Kier alpha value is -4.36. The first-order valence-corrected chi connectivity index (χ1v) is 14.0. The summed E-state index contributed by atoms with van der Waals surface area (Å²) in [6, 6.07) is 13.5. The van der Waals surface area contributed by atoms with Crippen LogP contribution in [0.25, 0.3) is 17.2 Å². The van der Waals surface area contributed by atoms with E-state index in [1.807, 2.05) is 6.07 Å². The molecule has 0 spiro atoms. The Morgan fingerprint density at radius 1 is 1.23 bits per heavy atom. The molecule has 5 N–H and O–H groups in total. The molecule has 1 fully saturated rings. The van der Waals surface area contributed by atoms with Gasteiger partial charge in [0.05, 0.1) is 24.5 Å². The van der Waals surface area contributed by atoms with Gasteiger partial charge in [-0.15, -0.1) is 10.2 Å². The van der Waals surface area contributed by atoms with Gasteiger partial charge in [-0.25, -0.2) is 10.6 Å². The second-order valence-corrected chi connectivity index (χ2v) is 10.4. The summed E-state index contributed by atoms with van der Waals surface area (Å²) >= 11 is 12.6. The van der Waals surface area contributed by atoms with Crippen molar-refractivity contribution >= 4 is 65.7 Å². The summed E-state index contributed by atoms with van der Waals surface area (Å²) in [5.74, 6) is 6.05. The van der Waals surface area contributed by atoms with Crippen molar-refractivity contribution in [1.82, 2.24) is 20.8 Å². The lowest BCUT2D eigenvalue weighted by Crippen LogP contribution is -2.30. The number of amides is 2. The van der Waals surface area contributed by atoms with Crippen molar-refractivity contribution < 1.29 is 14.3 Å². The number of rotatable bonds is 11. The number of benzene rings is 2. The molecule has 1 aromatic heterocycles. The number of aromatic nitrogens is 2. The first-order valence-electron chi connectivity index (χ1n) is 13.3. The van der Waals surface area contributed by atoms with Crippen molar-refractivity contribution in [2.24, 2.45) is 22.0 Å². The second kappa shape index (κ2) is 15.2. The maximum atomic E-state index is 13.2. The molecule has 0 bridgehead atoms. The summed E-state index contributed by atoms with van der Waals surface area (Å²) in [5.41, 5.74) is 3.67. The number of nitrogens with one attached hydrogen (secondary N) is 3. The quantitative estimate of drug-likeness (QED) is 0.0777. The third-order valence-electron chi connectivity index (χ3n) is 6.74. The molecule has 224 valence electrons. The number of hydrogen-bond donors (Lipinski definition) is 4. The SMILES string of the molecule is C=N/N=C\N(N)c1ccc(Cl)cc1/C=C/C(=O)N[C@@H](CC1CCNC1)c1cc(-c2ccc(NC(=O)OC)cc2)c(Cl)nn1. The van der Waals surface area contributed by atoms with Crippen LogP contribution < -0.4 is 26.8 Å². The number of hydrazine groups is 1. The maximum absolute atomic E-state index is 13.2. The minimum absolute atomic E-state index is 0.208. The lowest BCUT2D eigenvalue weighted by Gasteiger charge is -2.21. The van der Waals surface area contributed by atoms with Gasteiger partial charge in [-0.05, 0) is 79.9 Å². The normalized spacial score (nSPS) is 15.4. The zero-order valence-corrected chi connectivity index (χ0v) is 24.8. The number of carbonyl (C=O) groups is 2. The molecule has 0 radical (unpaired) electrons. The standard InChI is InChI=1S/C29H31Cl2N9O3/c1-33-35-17-40(32)26-9-6-21(30)14-20(26)5-10-27(41)37-24(13-18-11-12-34-16-18)25-15-23(28(31)39-38-25)19-3-7-22(8-4-19)36-29(42)43-2/h3-10,14-15,17-18,24,34H,1,11-13,16,32H2,2H3,(H,36,42)(H,37,41)/b10-5+,35-17-/t18?,24-/m0/s1. The number of hydrogen-bond acceptors (Lipinski definition) is 9. The van der Waals surface area contributed by atoms with Gasteiger partial charge in [0.2, 0.25) is 5.91 Å². The molecule has 4 rings (SSSR count). The fourth-order valence-corrected chi connectivity index (χ4v) is 4.98. The lowest BCUT2D eigenvalue weighted by atomic mass is 9.95. The van der Waals surface area contributed by atoms with Crippen LogP contribution >= 0.6 is 23.2 Å². The fraction of sp³-hybridized carbons (Fsp3) is 0.241. The van der Waals surface area contributed by atoms with E-state index in [4.69, 9.17) is 29.0 Å². The van der Waals surface area contributed by atoms with E-state index < -0.39 is 12.1 Å². The Kier molecular flexibility index (Phi) is 11.2. The summed E-state index contributed by atoms with van der Waals surface area (Å²) in [7, 11) is 1.29. The number of halogens is 2. The van der Waals surface area contributed by atoms with Gasteiger partial charge in [0.1, 0.15) is 6.34 Å². The zero-order valence-electron chi connectivity index (χ0n) is 23.3. The molecule has 1 aliphatic rings. The van der Waals surface area contributed by atoms with Gasteiger partial charge in [-0.1, -0.05) is 35.3 Å². The highest BCUT2D eigenvalue weighted by molar-refractivity contribution is 6.32. The van der Waals surface area contributed by atoms with Crippen LogP contribution in [0.2, 0.25) is 10.2 Å². The summed E-state index contributed by atoms with van der Waals surface area (Å²) < 4.78 is 4.64. The summed E-state index contributed by atoms with van der Waals surface area (Å²) in [6.45, 7) is 5.04. The molecule has 2 aromatic carbocycles. The molecule has 1 unspecified atom stereocenters. The Morgan fingerprint density at radius 3 is 2.72 bits per heavy atom. The van der Waals surface area contributed by atoms with E-state index in [-0.39, 0.29) is 11.1 Å². The van der Waals surface area contributed by atoms with Crippen LogP contribution in [0.5, 0.6) is 0 Å². The highest BCUT2D eigenvalue weighted by Gasteiger charge is 2.24. The summed E-state index contributed by atoms with van der Waals surface area (Å²) in [4.78, 5) is 24.8. The number of nitrogens with two attached hydrogens (primary N) is 1. The first kappa shape index (κ1) is 31.6. The van der Waals surface area contributed by atoms with Gasteiger partial charge in [0.25, 0.3) is 0 Å². The van der Waals surface area contributed by atoms with E-state index in [0.717, 1.165) is 25.1 Å². The number of nitrogens with zero attached hydrogens (tertiary/aromatic N) is 5. The van der Waals surface area contributed by atoms with Crippen molar-refractivity contribution in [2.45, 2.75) is 18.9 Å².